The van der Waals surface area contributed by atoms with E-state index >= 15 is 0 Å². The van der Waals surface area contributed by atoms with Gasteiger partial charge in [0.15, 0.2) is 0 Å². The van der Waals surface area contributed by atoms with Crippen LogP contribution in [0.25, 0.3) is 10.8 Å². The Morgan fingerprint density at radius 2 is 1.90 bits per heavy atom. The standard InChI is InChI=1S/C18H26N2O/c1-4-20(13-12-19-15(2)14-21-3)18-11-7-9-16-8-5-6-10-17(16)18/h5-11,15,19H,4,12-14H2,1-3H3. The van der Waals surface area contributed by atoms with Gasteiger partial charge in [-0.2, -0.15) is 0 Å². The summed E-state index contributed by atoms with van der Waals surface area (Å²) in [5.74, 6) is 0. The van der Waals surface area contributed by atoms with Crippen molar-refractivity contribution in [2.75, 3.05) is 38.3 Å². The Bertz CT molecular complexity index is 550. The highest BCUT2D eigenvalue weighted by Crippen LogP contribution is 2.26. The van der Waals surface area contributed by atoms with Crippen LogP contribution in [0.2, 0.25) is 0 Å². The number of hydrogen-bond acceptors (Lipinski definition) is 3. The SMILES string of the molecule is CCN(CCNC(C)COC)c1cccc2ccccc12. The molecule has 0 spiro atoms. The Balaban J connectivity index is 2.06. The third-order valence-corrected chi connectivity index (χ3v) is 3.78. The number of fused-ring (bicyclic) bond motifs is 1. The molecule has 1 atom stereocenters. The molecule has 21 heavy (non-hydrogen) atoms. The molecule has 2 aromatic rings. The highest BCUT2D eigenvalue weighted by atomic mass is 16.5. The lowest BCUT2D eigenvalue weighted by molar-refractivity contribution is 0.172. The van der Waals surface area contributed by atoms with E-state index in [9.17, 15) is 0 Å². The van der Waals surface area contributed by atoms with Gasteiger partial charge in [-0.05, 0) is 25.3 Å². The molecule has 0 amide bonds. The van der Waals surface area contributed by atoms with E-state index in [2.05, 4.69) is 66.5 Å². The van der Waals surface area contributed by atoms with Crippen molar-refractivity contribution in [1.29, 1.82) is 0 Å². The van der Waals surface area contributed by atoms with E-state index < -0.39 is 0 Å². The predicted molar refractivity (Wildman–Crippen MR) is 91.2 cm³/mol. The minimum atomic E-state index is 0.390. The van der Waals surface area contributed by atoms with E-state index in [0.29, 0.717) is 6.04 Å². The van der Waals surface area contributed by atoms with E-state index in [4.69, 9.17) is 4.74 Å². The highest BCUT2D eigenvalue weighted by Gasteiger charge is 2.08. The van der Waals surface area contributed by atoms with Gasteiger partial charge in [0.1, 0.15) is 0 Å². The number of ether oxygens (including phenoxy) is 1. The van der Waals surface area contributed by atoms with Gasteiger partial charge in [0.2, 0.25) is 0 Å². The van der Waals surface area contributed by atoms with Crippen LogP contribution in [0.5, 0.6) is 0 Å². The first-order valence-electron chi connectivity index (χ1n) is 7.71. The molecule has 114 valence electrons. The Morgan fingerprint density at radius 1 is 1.14 bits per heavy atom. The lowest BCUT2D eigenvalue weighted by Crippen LogP contribution is -2.37. The fourth-order valence-corrected chi connectivity index (χ4v) is 2.69. The molecule has 0 radical (unpaired) electrons. The summed E-state index contributed by atoms with van der Waals surface area (Å²) in [6.07, 6.45) is 0. The summed E-state index contributed by atoms with van der Waals surface area (Å²) in [5.41, 5.74) is 1.32. The van der Waals surface area contributed by atoms with Gasteiger partial charge in [-0.3, -0.25) is 0 Å². The van der Waals surface area contributed by atoms with Gasteiger partial charge >= 0.3 is 0 Å². The van der Waals surface area contributed by atoms with Crippen LogP contribution >= 0.6 is 0 Å². The quantitative estimate of drug-likeness (QED) is 0.806. The van der Waals surface area contributed by atoms with Crippen molar-refractivity contribution < 1.29 is 4.74 Å². The topological polar surface area (TPSA) is 24.5 Å². The fourth-order valence-electron chi connectivity index (χ4n) is 2.69. The first-order valence-corrected chi connectivity index (χ1v) is 7.71. The zero-order chi connectivity index (χ0) is 15.1. The Kier molecular flexibility index (Phi) is 6.03. The summed E-state index contributed by atoms with van der Waals surface area (Å²) in [6, 6.07) is 15.5. The molecule has 0 aromatic heterocycles. The molecule has 3 heteroatoms. The summed E-state index contributed by atoms with van der Waals surface area (Å²) in [4.78, 5) is 2.43. The van der Waals surface area contributed by atoms with Crippen molar-refractivity contribution >= 4 is 16.5 Å². The largest absolute Gasteiger partial charge is 0.383 e. The molecular formula is C18H26N2O. The molecule has 0 heterocycles. The average Bonchev–Trinajstić information content (AvgIpc) is 2.51. The molecule has 2 aromatic carbocycles. The number of benzene rings is 2. The van der Waals surface area contributed by atoms with Gasteiger partial charge in [0.05, 0.1) is 6.61 Å². The van der Waals surface area contributed by atoms with Gasteiger partial charge < -0.3 is 15.0 Å². The molecule has 0 saturated carbocycles. The van der Waals surface area contributed by atoms with Crippen molar-refractivity contribution in [2.45, 2.75) is 19.9 Å². The number of hydrogen-bond donors (Lipinski definition) is 1. The van der Waals surface area contributed by atoms with Crippen LogP contribution in [-0.2, 0) is 4.74 Å². The van der Waals surface area contributed by atoms with Crippen LogP contribution < -0.4 is 10.2 Å². The van der Waals surface area contributed by atoms with Crippen molar-refractivity contribution in [3.05, 3.63) is 42.5 Å². The average molecular weight is 286 g/mol. The minimum Gasteiger partial charge on any atom is -0.383 e. The number of nitrogens with one attached hydrogen (secondary N) is 1. The Morgan fingerprint density at radius 3 is 2.67 bits per heavy atom. The van der Waals surface area contributed by atoms with Crippen LogP contribution in [0.15, 0.2) is 42.5 Å². The molecule has 1 unspecified atom stereocenters. The first kappa shape index (κ1) is 15.8. The van der Waals surface area contributed by atoms with E-state index in [1.807, 2.05) is 0 Å². The lowest BCUT2D eigenvalue weighted by atomic mass is 10.1. The monoisotopic (exact) mass is 286 g/mol. The number of likely N-dealkylation sites (N-methyl/N-ethyl adjacent to an activating group) is 1. The summed E-state index contributed by atoms with van der Waals surface area (Å²) in [5, 5.41) is 6.13. The van der Waals surface area contributed by atoms with E-state index in [0.717, 1.165) is 26.2 Å². The number of methoxy groups -OCH3 is 1. The number of nitrogens with zero attached hydrogens (tertiary/aromatic N) is 1. The summed E-state index contributed by atoms with van der Waals surface area (Å²) >= 11 is 0. The van der Waals surface area contributed by atoms with Crippen LogP contribution in [0, 0.1) is 0 Å². The summed E-state index contributed by atoms with van der Waals surface area (Å²) < 4.78 is 5.15. The zero-order valence-corrected chi connectivity index (χ0v) is 13.3. The lowest BCUT2D eigenvalue weighted by Gasteiger charge is -2.25. The highest BCUT2D eigenvalue weighted by molar-refractivity contribution is 5.94. The molecule has 0 aliphatic rings. The molecular weight excluding hydrogens is 260 g/mol. The van der Waals surface area contributed by atoms with Gasteiger partial charge in [0.25, 0.3) is 0 Å². The molecule has 0 bridgehead atoms. The van der Waals surface area contributed by atoms with Crippen LogP contribution in [0.1, 0.15) is 13.8 Å². The maximum Gasteiger partial charge on any atom is 0.0613 e. The van der Waals surface area contributed by atoms with Crippen LogP contribution in [0.4, 0.5) is 5.69 Å². The van der Waals surface area contributed by atoms with Crippen LogP contribution in [-0.4, -0.2) is 39.4 Å². The number of rotatable bonds is 8. The molecule has 0 fully saturated rings. The second-order valence-corrected chi connectivity index (χ2v) is 5.39. The third-order valence-electron chi connectivity index (χ3n) is 3.78. The molecule has 2 rings (SSSR count). The maximum atomic E-state index is 5.15. The number of anilines is 1. The third kappa shape index (κ3) is 4.19. The Hall–Kier alpha value is -1.58. The summed E-state index contributed by atoms with van der Waals surface area (Å²) in [7, 11) is 1.74. The second kappa shape index (κ2) is 8.01. The molecule has 1 N–H and O–H groups in total. The summed E-state index contributed by atoms with van der Waals surface area (Å²) in [6.45, 7) is 8.08. The van der Waals surface area contributed by atoms with Crippen molar-refractivity contribution in [3.8, 4) is 0 Å². The maximum absolute atomic E-state index is 5.15. The van der Waals surface area contributed by atoms with Gasteiger partial charge in [-0.25, -0.2) is 0 Å². The van der Waals surface area contributed by atoms with Gasteiger partial charge in [-0.15, -0.1) is 0 Å². The van der Waals surface area contributed by atoms with Crippen molar-refractivity contribution in [1.82, 2.24) is 5.32 Å². The van der Waals surface area contributed by atoms with Crippen molar-refractivity contribution in [2.24, 2.45) is 0 Å². The molecule has 0 saturated heterocycles. The Labute approximate surface area is 127 Å². The van der Waals surface area contributed by atoms with Crippen molar-refractivity contribution in [3.63, 3.8) is 0 Å². The minimum absolute atomic E-state index is 0.390. The van der Waals surface area contributed by atoms with E-state index in [1.54, 1.807) is 7.11 Å². The van der Waals surface area contributed by atoms with E-state index in [-0.39, 0.29) is 0 Å². The smallest absolute Gasteiger partial charge is 0.0613 e. The zero-order valence-electron chi connectivity index (χ0n) is 13.3. The van der Waals surface area contributed by atoms with E-state index in [1.165, 1.54) is 16.5 Å². The first-order chi connectivity index (χ1) is 10.3. The molecule has 3 nitrogen and oxygen atoms in total. The molecule has 0 aliphatic carbocycles. The second-order valence-electron chi connectivity index (χ2n) is 5.39. The van der Waals surface area contributed by atoms with Crippen LogP contribution in [0.3, 0.4) is 0 Å². The van der Waals surface area contributed by atoms with Gasteiger partial charge in [-0.1, -0.05) is 36.4 Å². The normalized spacial score (nSPS) is 12.5. The van der Waals surface area contributed by atoms with Gasteiger partial charge in [0, 0.05) is 43.9 Å². The fraction of sp³-hybridized carbons (Fsp3) is 0.444. The predicted octanol–water partition coefficient (Wildman–Crippen LogP) is 3.29. The molecule has 0 aliphatic heterocycles.